The van der Waals surface area contributed by atoms with Crippen LogP contribution in [0.4, 0.5) is 5.82 Å². The molecule has 2 bridgehead atoms. The van der Waals surface area contributed by atoms with E-state index in [2.05, 4.69) is 38.8 Å². The van der Waals surface area contributed by atoms with E-state index in [4.69, 9.17) is 19.3 Å². The van der Waals surface area contributed by atoms with Gasteiger partial charge in [-0.3, -0.25) is 4.79 Å². The van der Waals surface area contributed by atoms with E-state index in [0.717, 1.165) is 68.8 Å². The van der Waals surface area contributed by atoms with Crippen molar-refractivity contribution in [1.29, 1.82) is 0 Å². The molecule has 5 heterocycles. The number of aryl methyl sites for hydroxylation is 1. The number of morpholine rings is 1. The molecule has 3 aromatic rings. The molecule has 0 saturated carbocycles. The number of carbonyl (C=O) groups is 1. The summed E-state index contributed by atoms with van der Waals surface area (Å²) in [6, 6.07) is 7.21. The van der Waals surface area contributed by atoms with Crippen molar-refractivity contribution in [1.82, 2.24) is 24.6 Å². The molecule has 0 N–H and O–H groups in total. The maximum Gasteiger partial charge on any atom is 0.320 e. The standard InChI is InChI=1S/C27H34N6O4/c1-17-10-19-14-28-33(23(19)12-22(17)18-4-7-31(8-5-18)9-6-26(34)35-2)25-13-24(29-27(30-25)36-3)32-15-21-11-20(32)16-37-21/h10,12-14,18,20-21H,4-9,11,15-16H2,1-3H3/t20-,21?/m1/s1. The van der Waals surface area contributed by atoms with Gasteiger partial charge < -0.3 is 24.0 Å². The van der Waals surface area contributed by atoms with Crippen molar-refractivity contribution in [2.75, 3.05) is 51.9 Å². The van der Waals surface area contributed by atoms with Gasteiger partial charge in [0.15, 0.2) is 5.82 Å². The van der Waals surface area contributed by atoms with Crippen LogP contribution in [0.15, 0.2) is 24.4 Å². The molecule has 0 spiro atoms. The molecule has 3 fully saturated rings. The van der Waals surface area contributed by atoms with Crippen LogP contribution in [0.1, 0.15) is 42.7 Å². The van der Waals surface area contributed by atoms with Gasteiger partial charge in [-0.15, -0.1) is 0 Å². The number of ether oxygens (including phenoxy) is 3. The zero-order valence-corrected chi connectivity index (χ0v) is 21.7. The SMILES string of the molecule is COC(=O)CCN1CCC(c2cc3c(cnn3-c3cc(N4CC5C[C@@H]4CO5)nc(OC)n3)cc2C)CC1. The molecule has 1 aromatic carbocycles. The Bertz CT molecular complexity index is 1300. The fourth-order valence-electron chi connectivity index (χ4n) is 6.07. The van der Waals surface area contributed by atoms with E-state index < -0.39 is 0 Å². The molecule has 6 rings (SSSR count). The summed E-state index contributed by atoms with van der Waals surface area (Å²) in [6.45, 7) is 6.48. The van der Waals surface area contributed by atoms with Gasteiger partial charge in [-0.05, 0) is 68.5 Å². The Morgan fingerprint density at radius 1 is 1.14 bits per heavy atom. The summed E-state index contributed by atoms with van der Waals surface area (Å²) >= 11 is 0. The summed E-state index contributed by atoms with van der Waals surface area (Å²) in [5.74, 6) is 1.88. The molecule has 196 valence electrons. The first-order chi connectivity index (χ1) is 18.0. The summed E-state index contributed by atoms with van der Waals surface area (Å²) in [5.41, 5.74) is 3.68. The van der Waals surface area contributed by atoms with E-state index in [1.807, 2.05) is 16.9 Å². The molecule has 0 amide bonds. The second-order valence-electron chi connectivity index (χ2n) is 10.3. The maximum absolute atomic E-state index is 11.5. The molecular weight excluding hydrogens is 472 g/mol. The van der Waals surface area contributed by atoms with Crippen molar-refractivity contribution in [2.24, 2.45) is 0 Å². The summed E-state index contributed by atoms with van der Waals surface area (Å²) in [6.07, 6.45) is 5.79. The number of hydrogen-bond donors (Lipinski definition) is 0. The van der Waals surface area contributed by atoms with Crippen molar-refractivity contribution < 1.29 is 19.0 Å². The van der Waals surface area contributed by atoms with E-state index in [-0.39, 0.29) is 12.1 Å². The van der Waals surface area contributed by atoms with Crippen molar-refractivity contribution in [3.8, 4) is 11.8 Å². The Labute approximate surface area is 216 Å². The van der Waals surface area contributed by atoms with Crippen LogP contribution in [-0.4, -0.2) is 89.8 Å². The van der Waals surface area contributed by atoms with E-state index in [9.17, 15) is 4.79 Å². The highest BCUT2D eigenvalue weighted by atomic mass is 16.5. The average Bonchev–Trinajstić information content (AvgIpc) is 3.67. The number of nitrogens with zero attached hydrogens (tertiary/aromatic N) is 6. The van der Waals surface area contributed by atoms with E-state index in [1.54, 1.807) is 7.11 Å². The Balaban J connectivity index is 1.27. The van der Waals surface area contributed by atoms with Crippen molar-refractivity contribution in [3.63, 3.8) is 0 Å². The van der Waals surface area contributed by atoms with Crippen LogP contribution in [0.5, 0.6) is 6.01 Å². The van der Waals surface area contributed by atoms with Crippen LogP contribution in [-0.2, 0) is 14.3 Å². The molecule has 3 saturated heterocycles. The topological polar surface area (TPSA) is 94.8 Å². The normalized spacial score (nSPS) is 22.2. The summed E-state index contributed by atoms with van der Waals surface area (Å²) in [7, 11) is 3.05. The molecule has 10 heteroatoms. The summed E-state index contributed by atoms with van der Waals surface area (Å²) in [4.78, 5) is 25.5. The number of piperidine rings is 1. The molecule has 0 aliphatic carbocycles. The van der Waals surface area contributed by atoms with Gasteiger partial charge in [0.25, 0.3) is 0 Å². The number of anilines is 1. The first kappa shape index (κ1) is 24.1. The van der Waals surface area contributed by atoms with Gasteiger partial charge in [0, 0.05) is 24.5 Å². The van der Waals surface area contributed by atoms with Gasteiger partial charge in [0.1, 0.15) is 5.82 Å². The van der Waals surface area contributed by atoms with Crippen LogP contribution in [0.3, 0.4) is 0 Å². The van der Waals surface area contributed by atoms with Gasteiger partial charge in [0.2, 0.25) is 0 Å². The predicted octanol–water partition coefficient (Wildman–Crippen LogP) is 2.85. The molecular formula is C27H34N6O4. The first-order valence-corrected chi connectivity index (χ1v) is 13.1. The minimum Gasteiger partial charge on any atom is -0.469 e. The highest BCUT2D eigenvalue weighted by Gasteiger charge is 2.40. The number of aromatic nitrogens is 4. The minimum absolute atomic E-state index is 0.147. The van der Waals surface area contributed by atoms with Crippen molar-refractivity contribution in [3.05, 3.63) is 35.5 Å². The lowest BCUT2D eigenvalue weighted by Crippen LogP contribution is -2.37. The van der Waals surface area contributed by atoms with Crippen molar-refractivity contribution >= 4 is 22.7 Å². The lowest BCUT2D eigenvalue weighted by atomic mass is 9.86. The van der Waals surface area contributed by atoms with Crippen LogP contribution in [0, 0.1) is 6.92 Å². The second-order valence-corrected chi connectivity index (χ2v) is 10.3. The average molecular weight is 507 g/mol. The van der Waals surface area contributed by atoms with Crippen LogP contribution >= 0.6 is 0 Å². The number of benzene rings is 1. The summed E-state index contributed by atoms with van der Waals surface area (Å²) in [5, 5.41) is 5.81. The number of methoxy groups -OCH3 is 2. The largest absolute Gasteiger partial charge is 0.469 e. The molecule has 1 unspecified atom stereocenters. The molecule has 10 nitrogen and oxygen atoms in total. The Kier molecular flexibility index (Phi) is 6.46. The lowest BCUT2D eigenvalue weighted by Gasteiger charge is -2.32. The Hall–Kier alpha value is -3.24. The van der Waals surface area contributed by atoms with Gasteiger partial charge >= 0.3 is 12.0 Å². The molecule has 37 heavy (non-hydrogen) atoms. The zero-order chi connectivity index (χ0) is 25.5. The van der Waals surface area contributed by atoms with Crippen molar-refractivity contribution in [2.45, 2.75) is 50.7 Å². The maximum atomic E-state index is 11.5. The quantitative estimate of drug-likeness (QED) is 0.448. The third kappa shape index (κ3) is 4.64. The fourth-order valence-corrected chi connectivity index (χ4v) is 6.07. The number of esters is 1. The number of carbonyl (C=O) groups excluding carboxylic acids is 1. The van der Waals surface area contributed by atoms with Crippen LogP contribution in [0.25, 0.3) is 16.7 Å². The fraction of sp³-hybridized carbons (Fsp3) is 0.556. The molecule has 2 atom stereocenters. The number of fused-ring (bicyclic) bond motifs is 3. The zero-order valence-electron chi connectivity index (χ0n) is 21.7. The molecule has 3 aliphatic heterocycles. The molecule has 3 aliphatic rings. The smallest absolute Gasteiger partial charge is 0.320 e. The van der Waals surface area contributed by atoms with Gasteiger partial charge in [0.05, 0.1) is 51.1 Å². The van der Waals surface area contributed by atoms with Crippen LogP contribution in [0.2, 0.25) is 0 Å². The highest BCUT2D eigenvalue weighted by Crippen LogP contribution is 2.35. The molecule has 0 radical (unpaired) electrons. The van der Waals surface area contributed by atoms with E-state index in [1.165, 1.54) is 18.2 Å². The van der Waals surface area contributed by atoms with Crippen LogP contribution < -0.4 is 9.64 Å². The summed E-state index contributed by atoms with van der Waals surface area (Å²) < 4.78 is 18.0. The number of hydrogen-bond acceptors (Lipinski definition) is 9. The third-order valence-corrected chi connectivity index (χ3v) is 8.12. The second kappa shape index (κ2) is 9.90. The minimum atomic E-state index is -0.147. The van der Waals surface area contributed by atoms with Gasteiger partial charge in [-0.25, -0.2) is 4.68 Å². The third-order valence-electron chi connectivity index (χ3n) is 8.12. The van der Waals surface area contributed by atoms with E-state index in [0.29, 0.717) is 30.2 Å². The number of rotatable bonds is 7. The number of likely N-dealkylation sites (tertiary alicyclic amines) is 1. The van der Waals surface area contributed by atoms with Gasteiger partial charge in [-0.1, -0.05) is 0 Å². The Morgan fingerprint density at radius 2 is 1.95 bits per heavy atom. The first-order valence-electron chi connectivity index (χ1n) is 13.1. The Morgan fingerprint density at radius 3 is 2.65 bits per heavy atom. The van der Waals surface area contributed by atoms with Gasteiger partial charge in [-0.2, -0.15) is 15.1 Å². The monoisotopic (exact) mass is 506 g/mol. The molecule has 2 aromatic heterocycles. The lowest BCUT2D eigenvalue weighted by molar-refractivity contribution is -0.141. The highest BCUT2D eigenvalue weighted by molar-refractivity contribution is 5.82. The predicted molar refractivity (Wildman–Crippen MR) is 138 cm³/mol. The van der Waals surface area contributed by atoms with E-state index >= 15 is 0 Å².